The minimum Gasteiger partial charge on any atom is -0.460 e. The molecule has 24 nitrogen and oxygen atoms in total. The maximum atomic E-state index is 14.8. The van der Waals surface area contributed by atoms with Gasteiger partial charge in [0.1, 0.15) is 24.0 Å². The Kier molecular flexibility index (Phi) is 30.9. The van der Waals surface area contributed by atoms with Crippen molar-refractivity contribution < 1.29 is 99.1 Å². The number of allylic oxidation sites excluding steroid dienone is 6. The molecule has 0 aromatic carbocycles. The third kappa shape index (κ3) is 21.9. The summed E-state index contributed by atoms with van der Waals surface area (Å²) in [6.45, 7) is 18.3. The van der Waals surface area contributed by atoms with E-state index in [1.807, 2.05) is 51.2 Å². The molecule has 3 fully saturated rings. The Labute approximate surface area is 514 Å². The van der Waals surface area contributed by atoms with Crippen LogP contribution in [0.4, 0.5) is 9.59 Å². The number of methoxy groups -OCH3 is 3. The molecule has 0 aromatic rings. The number of hydrogen-bond acceptors (Lipinski definition) is 21. The summed E-state index contributed by atoms with van der Waals surface area (Å²) >= 11 is 0. The third-order valence-corrected chi connectivity index (χ3v) is 19.9. The predicted octanol–water partition coefficient (Wildman–Crippen LogP) is 10.0. The van der Waals surface area contributed by atoms with Crippen LogP contribution in [0, 0.1) is 35.5 Å². The van der Waals surface area contributed by atoms with E-state index in [4.69, 9.17) is 51.3 Å². The van der Waals surface area contributed by atoms with Crippen molar-refractivity contribution in [3.63, 3.8) is 0 Å². The van der Waals surface area contributed by atoms with Crippen LogP contribution >= 0.6 is 15.5 Å². The highest BCUT2D eigenvalue weighted by molar-refractivity contribution is 7.52. The fourth-order valence-corrected chi connectivity index (χ4v) is 14.1. The molecule has 3 N–H and O–H groups in total. The zero-order valence-electron chi connectivity index (χ0n) is 53.5. The summed E-state index contributed by atoms with van der Waals surface area (Å²) in [6, 6.07) is -1.28. The van der Waals surface area contributed by atoms with Crippen LogP contribution in [0.1, 0.15) is 153 Å². The Bertz CT molecular complexity index is 2520. The van der Waals surface area contributed by atoms with Gasteiger partial charge in [0.25, 0.3) is 11.7 Å². The van der Waals surface area contributed by atoms with Gasteiger partial charge >= 0.3 is 33.6 Å². The lowest BCUT2D eigenvalue weighted by molar-refractivity contribution is -0.265. The van der Waals surface area contributed by atoms with E-state index in [1.165, 1.54) is 20.3 Å². The van der Waals surface area contributed by atoms with Crippen LogP contribution in [0.15, 0.2) is 47.6 Å². The molecule has 26 heteroatoms. The highest BCUT2D eigenvalue weighted by atomic mass is 31.2. The first kappa shape index (κ1) is 75.0. The molecule has 15 atom stereocenters. The van der Waals surface area contributed by atoms with Crippen LogP contribution in [0.25, 0.3) is 0 Å². The van der Waals surface area contributed by atoms with Gasteiger partial charge in [-0.1, -0.05) is 71.1 Å². The van der Waals surface area contributed by atoms with Crippen LogP contribution in [0.5, 0.6) is 0 Å². The fourth-order valence-electron chi connectivity index (χ4n) is 11.8. The molecular weight excluding hydrogens is 1170 g/mol. The first-order chi connectivity index (χ1) is 41.1. The number of ether oxygens (including phenoxy) is 7. The van der Waals surface area contributed by atoms with Crippen molar-refractivity contribution in [3.8, 4) is 0 Å². The SMILES string of the molecule is CCOP(=O)(NC(=O)O[C@@H]1/C(C)=C/[C@@H](C)C(=O)C[C@@H]([C@H](C)C[C@@H]2CC[C@@H](OC(=O)NP(=O)(OCC)OCC)[C@H](OC)C2)OC(=O)[C@@H]2CCCCN2C(=O)C(=O)[C@]2(O)O[C@@H](CC[C@H]2C)C[C@H](OC)/C(C)=C/C=C/C=C/[C@@H](C)C[C@@H](C)C(=O)[C@@H]1OC)OCC. The summed E-state index contributed by atoms with van der Waals surface area (Å²) in [4.78, 5) is 101. The molecule has 4 rings (SSSR count). The number of piperidine rings is 1. The largest absolute Gasteiger partial charge is 0.460 e. The van der Waals surface area contributed by atoms with E-state index in [1.54, 1.807) is 62.5 Å². The van der Waals surface area contributed by atoms with Gasteiger partial charge in [0, 0.05) is 58.5 Å². The minimum atomic E-state index is -4.24. The Balaban J connectivity index is 1.79. The number of rotatable bonds is 18. The molecule has 4 aliphatic rings. The van der Waals surface area contributed by atoms with Crippen LogP contribution in [-0.4, -0.2) is 160 Å². The number of ketones is 3. The van der Waals surface area contributed by atoms with E-state index < -0.39 is 135 Å². The number of cyclic esters (lactones) is 1. The molecule has 0 radical (unpaired) electrons. The topological polar surface area (TPSA) is 303 Å². The Morgan fingerprint density at radius 2 is 1.36 bits per heavy atom. The average molecular weight is 1270 g/mol. The quantitative estimate of drug-likeness (QED) is 0.0378. The fraction of sp³-hybridized carbons (Fsp3) is 0.754. The van der Waals surface area contributed by atoms with Crippen LogP contribution in [0.2, 0.25) is 0 Å². The lowest BCUT2D eigenvalue weighted by Gasteiger charge is -2.42. The van der Waals surface area contributed by atoms with Crippen LogP contribution in [-0.2, 0) is 84.4 Å². The van der Waals surface area contributed by atoms with E-state index >= 15 is 0 Å². The second-order valence-electron chi connectivity index (χ2n) is 23.2. The predicted molar refractivity (Wildman–Crippen MR) is 322 cm³/mol. The minimum absolute atomic E-state index is 0.00304. The number of esters is 1. The second kappa shape index (κ2) is 35.8. The molecule has 3 amide bonds. The summed E-state index contributed by atoms with van der Waals surface area (Å²) in [6.07, 6.45) is 5.57. The van der Waals surface area contributed by atoms with Crippen LogP contribution < -0.4 is 10.2 Å². The Morgan fingerprint density at radius 3 is 1.94 bits per heavy atom. The third-order valence-electron chi connectivity index (χ3n) is 16.6. The summed E-state index contributed by atoms with van der Waals surface area (Å²) in [5, 5.41) is 16.5. The van der Waals surface area contributed by atoms with Crippen molar-refractivity contribution in [2.75, 3.05) is 54.3 Å². The molecule has 0 aromatic heterocycles. The molecule has 1 saturated carbocycles. The van der Waals surface area contributed by atoms with E-state index in [2.05, 4.69) is 10.2 Å². The van der Waals surface area contributed by atoms with E-state index in [-0.39, 0.29) is 69.6 Å². The molecule has 2 saturated heterocycles. The number of amides is 3. The smallest absolute Gasteiger partial charge is 0.437 e. The highest BCUT2D eigenvalue weighted by Gasteiger charge is 2.53. The number of carbonyl (C=O) groups is 7. The lowest BCUT2D eigenvalue weighted by Crippen LogP contribution is -2.61. The second-order valence-corrected chi connectivity index (χ2v) is 26.7. The number of nitrogens with zero attached hydrogens (tertiary/aromatic N) is 1. The van der Waals surface area contributed by atoms with Gasteiger partial charge in [0.2, 0.25) is 5.79 Å². The van der Waals surface area contributed by atoms with E-state index in [9.17, 15) is 47.8 Å². The van der Waals surface area contributed by atoms with Gasteiger partial charge in [-0.3, -0.25) is 37.3 Å². The standard InChI is InChI=1S/C61H99N3O21P2/c1-15-78-86(73,79-16-2)62-59(70)83-49-30-28-45(35-52(49)76-13)34-41(8)51-37-48(65)40(7)33-43(10)54(84-60(71)63-87(74,80-17-3)81-18-4)55(77-14)53(66)42(9)32-38(5)24-20-19-21-25-39(6)50(75-12)36-46-29-27-44(11)61(72,85-46)56(67)57(68)64-31-23-22-26-47(64)58(69)82-51/h19-21,24-25,33,38,40-42,44-47,49-52,54-55,72H,15-18,22-23,26-32,34-37H2,1-14H3,(H,62,70,73)(H,63,71,74)/b21-19+,24-20+,39-25+,43-33+/t38-,40-,41-,42-,44-,45+,46+,47+,49-,50+,51+,52-,54-,55+,61-/m1/s1. The number of aliphatic hydroxyl groups is 1. The maximum absolute atomic E-state index is 14.8. The maximum Gasteiger partial charge on any atom is 0.437 e. The Hall–Kier alpha value is -4.45. The van der Waals surface area contributed by atoms with Crippen molar-refractivity contribution in [2.24, 2.45) is 35.5 Å². The summed E-state index contributed by atoms with van der Waals surface area (Å²) < 4.78 is 89.2. The van der Waals surface area contributed by atoms with Gasteiger partial charge in [0.15, 0.2) is 18.0 Å². The van der Waals surface area contributed by atoms with Crippen molar-refractivity contribution in [2.45, 2.75) is 208 Å². The molecule has 494 valence electrons. The number of fused-ring (bicyclic) bond motifs is 3. The average Bonchev–Trinajstić information content (AvgIpc) is 3.51. The summed E-state index contributed by atoms with van der Waals surface area (Å²) in [5.41, 5.74) is 1.03. The van der Waals surface area contributed by atoms with E-state index in [0.29, 0.717) is 57.8 Å². The van der Waals surface area contributed by atoms with Gasteiger partial charge in [0.05, 0.1) is 44.7 Å². The monoisotopic (exact) mass is 1270 g/mol. The number of nitrogens with one attached hydrogen (secondary N) is 2. The zero-order chi connectivity index (χ0) is 64.8. The zero-order valence-corrected chi connectivity index (χ0v) is 55.3. The van der Waals surface area contributed by atoms with Gasteiger partial charge < -0.3 is 43.2 Å². The lowest BCUT2D eigenvalue weighted by atomic mass is 9.78. The Morgan fingerprint density at radius 1 is 0.736 bits per heavy atom. The van der Waals surface area contributed by atoms with Crippen LogP contribution in [0.3, 0.4) is 0 Å². The summed E-state index contributed by atoms with van der Waals surface area (Å²) in [7, 11) is -3.94. The van der Waals surface area contributed by atoms with Gasteiger partial charge in [-0.2, -0.15) is 0 Å². The van der Waals surface area contributed by atoms with Crippen molar-refractivity contribution in [3.05, 3.63) is 47.6 Å². The van der Waals surface area contributed by atoms with Gasteiger partial charge in [-0.05, 0) is 135 Å². The first-order valence-corrected chi connectivity index (χ1v) is 33.8. The molecule has 3 aliphatic heterocycles. The normalized spacial score (nSPS) is 33.3. The number of hydrogen-bond donors (Lipinski definition) is 3. The first-order valence-electron chi connectivity index (χ1n) is 30.7. The molecular formula is C61H99N3O21P2. The number of Topliss-reactive ketones (excluding diaryl/α,β-unsaturated/α-hetero) is 3. The molecule has 2 bridgehead atoms. The van der Waals surface area contributed by atoms with E-state index in [0.717, 1.165) is 10.5 Å². The van der Waals surface area contributed by atoms with Crippen molar-refractivity contribution in [1.29, 1.82) is 0 Å². The number of carbonyl (C=O) groups excluding carboxylic acids is 7. The summed E-state index contributed by atoms with van der Waals surface area (Å²) in [5.74, 6) is -9.83. The molecule has 3 heterocycles. The van der Waals surface area contributed by atoms with Crippen molar-refractivity contribution >= 4 is 56.9 Å². The van der Waals surface area contributed by atoms with Gasteiger partial charge in [-0.15, -0.1) is 0 Å². The molecule has 1 aliphatic carbocycles. The highest BCUT2D eigenvalue weighted by Crippen LogP contribution is 2.45. The van der Waals surface area contributed by atoms with Crippen molar-refractivity contribution in [1.82, 2.24) is 15.1 Å². The molecule has 0 spiro atoms. The van der Waals surface area contributed by atoms with Gasteiger partial charge in [-0.25, -0.2) is 33.7 Å². The molecule has 87 heavy (non-hydrogen) atoms. The molecule has 0 unspecified atom stereocenters.